The Morgan fingerprint density at radius 3 is 2.35 bits per heavy atom. The van der Waals surface area contributed by atoms with Gasteiger partial charge in [-0.05, 0) is 54.6 Å². The molecule has 0 radical (unpaired) electrons. The molecule has 0 bridgehead atoms. The van der Waals surface area contributed by atoms with E-state index >= 15 is 0 Å². The number of imide groups is 1. The maximum Gasteiger partial charge on any atom is 0.267 e. The number of rotatable bonds is 5. The van der Waals surface area contributed by atoms with Gasteiger partial charge in [0.25, 0.3) is 11.8 Å². The number of benzene rings is 3. The van der Waals surface area contributed by atoms with Gasteiger partial charge >= 0.3 is 0 Å². The number of carbonyl (C=O) groups is 2. The molecule has 0 atom stereocenters. The lowest BCUT2D eigenvalue weighted by Crippen LogP contribution is -2.33. The Labute approximate surface area is 197 Å². The van der Waals surface area contributed by atoms with Gasteiger partial charge in [-0.15, -0.1) is 0 Å². The Bertz CT molecular complexity index is 1320. The number of amides is 2. The van der Waals surface area contributed by atoms with E-state index in [-0.39, 0.29) is 11.8 Å². The molecule has 0 spiro atoms. The number of fused-ring (bicyclic) bond motifs is 1. The van der Waals surface area contributed by atoms with E-state index in [1.165, 1.54) is 4.90 Å². The number of para-hydroxylation sites is 2. The van der Waals surface area contributed by atoms with Crippen LogP contribution in [0.3, 0.4) is 0 Å². The zero-order valence-electron chi connectivity index (χ0n) is 18.5. The van der Waals surface area contributed by atoms with Crippen molar-refractivity contribution in [3.05, 3.63) is 120 Å². The Hall–Kier alpha value is -4.58. The summed E-state index contributed by atoms with van der Waals surface area (Å²) in [5, 5.41) is 0. The smallest absolute Gasteiger partial charge is 0.267 e. The number of nitrogens with zero attached hydrogens (tertiary/aromatic N) is 2. The molecule has 0 aliphatic carbocycles. The molecule has 2 amide bonds. The number of hydrogen-bond donors (Lipinski definition) is 0. The van der Waals surface area contributed by atoms with Gasteiger partial charge in [0, 0.05) is 30.1 Å². The first-order valence-corrected chi connectivity index (χ1v) is 10.8. The molecule has 0 unspecified atom stereocenters. The highest BCUT2D eigenvalue weighted by Crippen LogP contribution is 2.38. The summed E-state index contributed by atoms with van der Waals surface area (Å²) in [6, 6.07) is 23.6. The van der Waals surface area contributed by atoms with Crippen molar-refractivity contribution in [1.29, 1.82) is 0 Å². The lowest BCUT2D eigenvalue weighted by atomic mass is 10.1. The van der Waals surface area contributed by atoms with E-state index in [9.17, 15) is 9.59 Å². The van der Waals surface area contributed by atoms with E-state index in [0.29, 0.717) is 29.1 Å². The van der Waals surface area contributed by atoms with Crippen LogP contribution < -0.4 is 14.4 Å². The van der Waals surface area contributed by atoms with Crippen LogP contribution in [0.15, 0.2) is 109 Å². The SMILES string of the molecule is COc1ccc(C(=O)N2C(=O)/C(=C/N3C=CC(Oc4ccccc4)=CC3)c3ccccc32)cc1. The maximum atomic E-state index is 13.4. The summed E-state index contributed by atoms with van der Waals surface area (Å²) in [5.74, 6) is 1.40. The van der Waals surface area contributed by atoms with Crippen molar-refractivity contribution >= 4 is 23.1 Å². The average molecular weight is 450 g/mol. The number of methoxy groups -OCH3 is 1. The third-order valence-corrected chi connectivity index (χ3v) is 5.62. The van der Waals surface area contributed by atoms with Crippen LogP contribution >= 0.6 is 0 Å². The minimum absolute atomic E-state index is 0.356. The van der Waals surface area contributed by atoms with E-state index in [4.69, 9.17) is 9.47 Å². The van der Waals surface area contributed by atoms with Gasteiger partial charge in [0.1, 0.15) is 17.3 Å². The van der Waals surface area contributed by atoms with Gasteiger partial charge in [0.05, 0.1) is 18.4 Å². The molecule has 3 aromatic rings. The fourth-order valence-electron chi connectivity index (χ4n) is 3.89. The van der Waals surface area contributed by atoms with Gasteiger partial charge in [-0.2, -0.15) is 0 Å². The van der Waals surface area contributed by atoms with Gasteiger partial charge in [-0.1, -0.05) is 36.4 Å². The van der Waals surface area contributed by atoms with Gasteiger partial charge in [-0.25, -0.2) is 4.90 Å². The summed E-state index contributed by atoms with van der Waals surface area (Å²) in [7, 11) is 1.56. The Morgan fingerprint density at radius 2 is 1.65 bits per heavy atom. The summed E-state index contributed by atoms with van der Waals surface area (Å²) >= 11 is 0. The Kier molecular flexibility index (Phi) is 5.70. The second-order valence-electron chi connectivity index (χ2n) is 7.77. The highest BCUT2D eigenvalue weighted by Gasteiger charge is 2.37. The zero-order valence-corrected chi connectivity index (χ0v) is 18.5. The molecule has 2 aliphatic rings. The summed E-state index contributed by atoms with van der Waals surface area (Å²) in [5.41, 5.74) is 2.17. The largest absolute Gasteiger partial charge is 0.497 e. The molecule has 6 nitrogen and oxygen atoms in total. The van der Waals surface area contributed by atoms with Gasteiger partial charge in [0.2, 0.25) is 0 Å². The van der Waals surface area contributed by atoms with Crippen LogP contribution in [0.4, 0.5) is 5.69 Å². The number of allylic oxidation sites excluding steroid dienone is 1. The lowest BCUT2D eigenvalue weighted by Gasteiger charge is -2.20. The molecular formula is C28H22N2O4. The molecule has 5 rings (SSSR count). The Morgan fingerprint density at radius 1 is 0.912 bits per heavy atom. The molecule has 0 aromatic heterocycles. The van der Waals surface area contributed by atoms with E-state index in [0.717, 1.165) is 17.1 Å². The molecular weight excluding hydrogens is 428 g/mol. The molecule has 34 heavy (non-hydrogen) atoms. The van der Waals surface area contributed by atoms with E-state index in [1.807, 2.05) is 71.8 Å². The monoisotopic (exact) mass is 450 g/mol. The molecule has 2 aliphatic heterocycles. The molecule has 0 N–H and O–H groups in total. The molecule has 3 aromatic carbocycles. The quantitative estimate of drug-likeness (QED) is 0.404. The second kappa shape index (κ2) is 9.11. The molecule has 2 heterocycles. The van der Waals surface area contributed by atoms with Gasteiger partial charge in [0.15, 0.2) is 0 Å². The summed E-state index contributed by atoms with van der Waals surface area (Å²) in [4.78, 5) is 29.8. The summed E-state index contributed by atoms with van der Waals surface area (Å²) < 4.78 is 11.0. The predicted octanol–water partition coefficient (Wildman–Crippen LogP) is 5.02. The van der Waals surface area contributed by atoms with Gasteiger partial charge < -0.3 is 14.4 Å². The summed E-state index contributed by atoms with van der Waals surface area (Å²) in [6.07, 6.45) is 7.42. The van der Waals surface area contributed by atoms with E-state index in [2.05, 4.69) is 0 Å². The van der Waals surface area contributed by atoms with Crippen molar-refractivity contribution in [2.75, 3.05) is 18.6 Å². The highest BCUT2D eigenvalue weighted by atomic mass is 16.5. The topological polar surface area (TPSA) is 59.1 Å². The minimum Gasteiger partial charge on any atom is -0.497 e. The summed E-state index contributed by atoms with van der Waals surface area (Å²) in [6.45, 7) is 0.532. The number of hydrogen-bond acceptors (Lipinski definition) is 5. The van der Waals surface area contributed by atoms with Crippen LogP contribution in [0.1, 0.15) is 15.9 Å². The Balaban J connectivity index is 1.38. The normalized spacial score (nSPS) is 15.9. The highest BCUT2D eigenvalue weighted by molar-refractivity contribution is 6.41. The lowest BCUT2D eigenvalue weighted by molar-refractivity contribution is -0.112. The number of anilines is 1. The van der Waals surface area contributed by atoms with Crippen molar-refractivity contribution in [2.45, 2.75) is 0 Å². The average Bonchev–Trinajstić information content (AvgIpc) is 3.16. The minimum atomic E-state index is -0.379. The van der Waals surface area contributed by atoms with Gasteiger partial charge in [-0.3, -0.25) is 9.59 Å². The standard InChI is InChI=1S/C28H22N2O4/c1-33-21-13-11-20(12-14-21)27(31)30-26-10-6-5-9-24(26)25(28(30)32)19-29-17-15-23(16-18-29)34-22-7-3-2-4-8-22/h2-17,19H,18H2,1H3/b25-19+. The van der Waals surface area contributed by atoms with Crippen molar-refractivity contribution < 1.29 is 19.1 Å². The number of ether oxygens (including phenoxy) is 2. The molecule has 0 fully saturated rings. The fourth-order valence-corrected chi connectivity index (χ4v) is 3.89. The molecule has 6 heteroatoms. The number of carbonyl (C=O) groups excluding carboxylic acids is 2. The van der Waals surface area contributed by atoms with Crippen molar-refractivity contribution in [3.8, 4) is 11.5 Å². The molecule has 0 saturated carbocycles. The van der Waals surface area contributed by atoms with Crippen molar-refractivity contribution in [3.63, 3.8) is 0 Å². The van der Waals surface area contributed by atoms with Crippen LogP contribution in [0.25, 0.3) is 5.57 Å². The predicted molar refractivity (Wildman–Crippen MR) is 130 cm³/mol. The fraction of sp³-hybridized carbons (Fsp3) is 0.0714. The third kappa shape index (κ3) is 4.09. The third-order valence-electron chi connectivity index (χ3n) is 5.62. The van der Waals surface area contributed by atoms with Crippen LogP contribution in [-0.2, 0) is 4.79 Å². The van der Waals surface area contributed by atoms with Crippen molar-refractivity contribution in [2.24, 2.45) is 0 Å². The van der Waals surface area contributed by atoms with Crippen LogP contribution in [0.2, 0.25) is 0 Å². The molecule has 168 valence electrons. The van der Waals surface area contributed by atoms with E-state index < -0.39 is 0 Å². The molecule has 0 saturated heterocycles. The van der Waals surface area contributed by atoms with Crippen LogP contribution in [-0.4, -0.2) is 30.4 Å². The maximum absolute atomic E-state index is 13.4. The zero-order chi connectivity index (χ0) is 23.5. The first-order valence-electron chi connectivity index (χ1n) is 10.8. The van der Waals surface area contributed by atoms with Crippen molar-refractivity contribution in [1.82, 2.24) is 4.90 Å². The first-order chi connectivity index (χ1) is 16.6. The first kappa shape index (κ1) is 21.3. The van der Waals surface area contributed by atoms with E-state index in [1.54, 1.807) is 43.6 Å². The van der Waals surface area contributed by atoms with Crippen LogP contribution in [0, 0.1) is 0 Å². The van der Waals surface area contributed by atoms with Crippen LogP contribution in [0.5, 0.6) is 11.5 Å². The second-order valence-corrected chi connectivity index (χ2v) is 7.77.